The van der Waals surface area contributed by atoms with Crippen molar-refractivity contribution in [1.82, 2.24) is 10.2 Å². The highest BCUT2D eigenvalue weighted by Gasteiger charge is 2.43. The van der Waals surface area contributed by atoms with Crippen molar-refractivity contribution in [3.8, 4) is 0 Å². The molecule has 0 aromatic heterocycles. The predicted molar refractivity (Wildman–Crippen MR) is 65.1 cm³/mol. The minimum Gasteiger partial charge on any atom is -0.339 e. The fraction of sp³-hybridized carbons (Fsp3) is 0.769. The van der Waals surface area contributed by atoms with E-state index in [1.807, 2.05) is 18.7 Å². The Morgan fingerprint density at radius 2 is 2.25 bits per heavy atom. The Hall–Kier alpha value is -0.830. The molecule has 16 heavy (non-hydrogen) atoms. The second kappa shape index (κ2) is 4.58. The molecule has 2 aliphatic heterocycles. The molecule has 2 bridgehead atoms. The summed E-state index contributed by atoms with van der Waals surface area (Å²) in [5.74, 6) is 0.545. The summed E-state index contributed by atoms with van der Waals surface area (Å²) in [5, 5.41) is 3.52. The molecule has 2 aliphatic rings. The highest BCUT2D eigenvalue weighted by Crippen LogP contribution is 2.34. The molecule has 3 nitrogen and oxygen atoms in total. The zero-order valence-electron chi connectivity index (χ0n) is 10.3. The third-order valence-corrected chi connectivity index (χ3v) is 3.77. The van der Waals surface area contributed by atoms with Crippen molar-refractivity contribution in [1.29, 1.82) is 0 Å². The summed E-state index contributed by atoms with van der Waals surface area (Å²) < 4.78 is 0. The first-order valence-corrected chi connectivity index (χ1v) is 6.31. The summed E-state index contributed by atoms with van der Waals surface area (Å²) >= 11 is 0. The van der Waals surface area contributed by atoms with Crippen LogP contribution in [0.15, 0.2) is 12.2 Å². The molecule has 1 N–H and O–H groups in total. The Labute approximate surface area is 97.9 Å². The molecule has 1 amide bonds. The van der Waals surface area contributed by atoms with Gasteiger partial charge in [-0.2, -0.15) is 0 Å². The van der Waals surface area contributed by atoms with Crippen LogP contribution >= 0.6 is 0 Å². The first-order valence-electron chi connectivity index (χ1n) is 6.31. The molecular weight excluding hydrogens is 200 g/mol. The van der Waals surface area contributed by atoms with Gasteiger partial charge >= 0.3 is 0 Å². The van der Waals surface area contributed by atoms with E-state index in [0.29, 0.717) is 24.5 Å². The van der Waals surface area contributed by atoms with Gasteiger partial charge in [-0.15, -0.1) is 0 Å². The summed E-state index contributed by atoms with van der Waals surface area (Å²) in [7, 11) is 0. The highest BCUT2D eigenvalue weighted by molar-refractivity contribution is 5.80. The number of hydrogen-bond acceptors (Lipinski definition) is 2. The fourth-order valence-corrected chi connectivity index (χ4v) is 3.00. The molecule has 2 rings (SSSR count). The van der Waals surface area contributed by atoms with Gasteiger partial charge in [0.15, 0.2) is 0 Å². The van der Waals surface area contributed by atoms with Crippen molar-refractivity contribution in [3.63, 3.8) is 0 Å². The Bertz CT molecular complexity index is 300. The number of carbonyl (C=O) groups is 1. The number of fused-ring (bicyclic) bond motifs is 2. The molecule has 3 atom stereocenters. The summed E-state index contributed by atoms with van der Waals surface area (Å²) in [5.41, 5.74) is 1.06. The average Bonchev–Trinajstić information content (AvgIpc) is 2.86. The van der Waals surface area contributed by atoms with E-state index < -0.39 is 0 Å². The van der Waals surface area contributed by atoms with E-state index in [-0.39, 0.29) is 5.92 Å². The lowest BCUT2D eigenvalue weighted by Crippen LogP contribution is -2.41. The van der Waals surface area contributed by atoms with Gasteiger partial charge < -0.3 is 10.2 Å². The van der Waals surface area contributed by atoms with Gasteiger partial charge in [-0.25, -0.2) is 0 Å². The molecule has 2 fully saturated rings. The normalized spacial score (nSPS) is 31.8. The van der Waals surface area contributed by atoms with Gasteiger partial charge in [0, 0.05) is 25.2 Å². The molecule has 0 saturated carbocycles. The van der Waals surface area contributed by atoms with Crippen LogP contribution in [0.4, 0.5) is 0 Å². The largest absolute Gasteiger partial charge is 0.339 e. The van der Waals surface area contributed by atoms with E-state index in [0.717, 1.165) is 18.5 Å². The van der Waals surface area contributed by atoms with E-state index in [4.69, 9.17) is 0 Å². The third kappa shape index (κ3) is 2.14. The van der Waals surface area contributed by atoms with Crippen LogP contribution in [0.5, 0.6) is 0 Å². The summed E-state index contributed by atoms with van der Waals surface area (Å²) in [4.78, 5) is 14.3. The van der Waals surface area contributed by atoms with Gasteiger partial charge in [-0.1, -0.05) is 12.2 Å². The summed E-state index contributed by atoms with van der Waals surface area (Å²) in [6, 6.07) is 1.04. The first-order chi connectivity index (χ1) is 7.61. The smallest absolute Gasteiger partial charge is 0.227 e. The van der Waals surface area contributed by atoms with Gasteiger partial charge in [-0.05, 0) is 33.1 Å². The maximum absolute atomic E-state index is 12.3. The zero-order chi connectivity index (χ0) is 11.7. The Morgan fingerprint density at radius 1 is 1.50 bits per heavy atom. The number of nitrogens with zero attached hydrogens (tertiary/aromatic N) is 1. The zero-order valence-corrected chi connectivity index (χ0v) is 10.3. The molecule has 0 spiro atoms. The van der Waals surface area contributed by atoms with Gasteiger partial charge in [0.25, 0.3) is 0 Å². The number of carbonyl (C=O) groups excluding carboxylic acids is 1. The number of likely N-dealkylation sites (N-methyl/N-ethyl adjacent to an activating group) is 1. The summed E-state index contributed by atoms with van der Waals surface area (Å²) in [6.07, 6.45) is 3.46. The monoisotopic (exact) mass is 222 g/mol. The molecule has 0 aromatic rings. The van der Waals surface area contributed by atoms with Crippen molar-refractivity contribution in [2.75, 3.05) is 13.1 Å². The number of hydrogen-bond donors (Lipinski definition) is 1. The fourth-order valence-electron chi connectivity index (χ4n) is 3.00. The maximum atomic E-state index is 12.3. The van der Waals surface area contributed by atoms with Crippen molar-refractivity contribution in [3.05, 3.63) is 12.2 Å². The minimum absolute atomic E-state index is 0.220. The van der Waals surface area contributed by atoms with Gasteiger partial charge in [0.2, 0.25) is 5.91 Å². The van der Waals surface area contributed by atoms with E-state index in [1.54, 1.807) is 0 Å². The lowest BCUT2D eigenvalue weighted by atomic mass is 9.88. The Morgan fingerprint density at radius 3 is 2.69 bits per heavy atom. The maximum Gasteiger partial charge on any atom is 0.227 e. The molecule has 3 unspecified atom stereocenters. The molecular formula is C13H22N2O. The topological polar surface area (TPSA) is 32.3 Å². The standard InChI is InChI=1S/C13H22N2O/c1-4-15(8-9(2)3)13(16)11-7-10-5-6-12(11)14-10/h10-12,14H,2,4-8H2,1,3H3. The second-order valence-corrected chi connectivity index (χ2v) is 5.20. The second-order valence-electron chi connectivity index (χ2n) is 5.20. The van der Waals surface area contributed by atoms with E-state index >= 15 is 0 Å². The van der Waals surface area contributed by atoms with Crippen LogP contribution in [-0.4, -0.2) is 36.0 Å². The van der Waals surface area contributed by atoms with Crippen molar-refractivity contribution in [2.24, 2.45) is 5.92 Å². The van der Waals surface area contributed by atoms with Crippen molar-refractivity contribution >= 4 is 5.91 Å². The number of nitrogens with one attached hydrogen (secondary N) is 1. The minimum atomic E-state index is 0.220. The van der Waals surface area contributed by atoms with Gasteiger partial charge in [0.1, 0.15) is 0 Å². The lowest BCUT2D eigenvalue weighted by molar-refractivity contribution is -0.135. The van der Waals surface area contributed by atoms with E-state index in [2.05, 4.69) is 11.9 Å². The van der Waals surface area contributed by atoms with Crippen LogP contribution < -0.4 is 5.32 Å². The lowest BCUT2D eigenvalue weighted by Gasteiger charge is -2.28. The SMILES string of the molecule is C=C(C)CN(CC)C(=O)C1CC2CCC1N2. The number of amides is 1. The quantitative estimate of drug-likeness (QED) is 0.732. The van der Waals surface area contributed by atoms with Crippen LogP contribution in [0.3, 0.4) is 0 Å². The van der Waals surface area contributed by atoms with Crippen LogP contribution in [0.1, 0.15) is 33.1 Å². The molecule has 0 radical (unpaired) electrons. The van der Waals surface area contributed by atoms with E-state index in [9.17, 15) is 4.79 Å². The first kappa shape index (κ1) is 11.6. The number of rotatable bonds is 4. The van der Waals surface area contributed by atoms with Crippen LogP contribution in [0.2, 0.25) is 0 Å². The van der Waals surface area contributed by atoms with Crippen LogP contribution in [-0.2, 0) is 4.79 Å². The molecule has 0 aliphatic carbocycles. The summed E-state index contributed by atoms with van der Waals surface area (Å²) in [6.45, 7) is 9.42. The van der Waals surface area contributed by atoms with Crippen molar-refractivity contribution in [2.45, 2.75) is 45.2 Å². The van der Waals surface area contributed by atoms with Crippen molar-refractivity contribution < 1.29 is 4.79 Å². The third-order valence-electron chi connectivity index (χ3n) is 3.77. The molecule has 90 valence electrons. The average molecular weight is 222 g/mol. The molecule has 0 aromatic carbocycles. The molecule has 3 heteroatoms. The van der Waals surface area contributed by atoms with Crippen LogP contribution in [0, 0.1) is 5.92 Å². The Balaban J connectivity index is 1.97. The van der Waals surface area contributed by atoms with Gasteiger partial charge in [-0.3, -0.25) is 4.79 Å². The highest BCUT2D eigenvalue weighted by atomic mass is 16.2. The molecule has 2 heterocycles. The van der Waals surface area contributed by atoms with E-state index in [1.165, 1.54) is 12.8 Å². The molecule has 2 saturated heterocycles. The predicted octanol–water partition coefficient (Wildman–Crippen LogP) is 1.55. The van der Waals surface area contributed by atoms with Gasteiger partial charge in [0.05, 0.1) is 5.92 Å². The van der Waals surface area contributed by atoms with Crippen LogP contribution in [0.25, 0.3) is 0 Å². The Kier molecular flexibility index (Phi) is 3.33.